The molecule has 4 amide bonds. The van der Waals surface area contributed by atoms with Crippen LogP contribution in [-0.2, 0) is 41.2 Å². The number of benzene rings is 3. The first-order valence-corrected chi connectivity index (χ1v) is 23.6. The van der Waals surface area contributed by atoms with Crippen LogP contribution in [0.4, 0.5) is 5.82 Å². The van der Waals surface area contributed by atoms with E-state index in [0.29, 0.717) is 24.0 Å². The molecule has 24 heteroatoms. The number of carboxylic acid groups (broad SMARTS) is 1. The Morgan fingerprint density at radius 1 is 0.942 bits per heavy atom. The zero-order valence-electron chi connectivity index (χ0n) is 38.7. The maximum atomic E-state index is 14.8. The van der Waals surface area contributed by atoms with Crippen molar-refractivity contribution in [3.63, 3.8) is 0 Å². The fourth-order valence-corrected chi connectivity index (χ4v) is 7.89. The second-order valence-electron chi connectivity index (χ2n) is 17.3. The topological polar surface area (TPSA) is 360 Å². The lowest BCUT2D eigenvalue weighted by Gasteiger charge is -2.33. The molecule has 14 N–H and O–H groups in total. The molecule has 0 saturated heterocycles. The van der Waals surface area contributed by atoms with Crippen molar-refractivity contribution >= 4 is 57.2 Å². The van der Waals surface area contributed by atoms with E-state index < -0.39 is 92.8 Å². The summed E-state index contributed by atoms with van der Waals surface area (Å²) in [6.07, 6.45) is 0.539. The van der Waals surface area contributed by atoms with Gasteiger partial charge in [-0.1, -0.05) is 62.7 Å². The molecular weight excluding hydrogens is 938 g/mol. The number of hydrogen-bond acceptors (Lipinski definition) is 15. The Morgan fingerprint density at radius 3 is 2.16 bits per heavy atom. The first kappa shape index (κ1) is 53.3. The number of nitrogens with one attached hydrogen (secondary N) is 4. The van der Waals surface area contributed by atoms with Gasteiger partial charge in [0.2, 0.25) is 17.7 Å². The van der Waals surface area contributed by atoms with Crippen LogP contribution in [0.15, 0.2) is 54.6 Å². The zero-order chi connectivity index (χ0) is 51.0. The van der Waals surface area contributed by atoms with Crippen molar-refractivity contribution in [2.45, 2.75) is 76.5 Å². The molecule has 4 bridgehead atoms. The molecule has 0 unspecified atom stereocenters. The van der Waals surface area contributed by atoms with Gasteiger partial charge in [-0.3, -0.25) is 19.2 Å². The fraction of sp³-hybridized carbons (Fsp3) is 0.400. The predicted molar refractivity (Wildman–Crippen MR) is 256 cm³/mol. The summed E-state index contributed by atoms with van der Waals surface area (Å²) in [6, 6.07) is 8.06. The number of aromatic hydroxyl groups is 1. The number of fused-ring (bicyclic) bond motifs is 5. The van der Waals surface area contributed by atoms with E-state index in [1.54, 1.807) is 30.3 Å². The number of likely N-dealkylation sites (N-methyl/N-ethyl adjacent to an activating group) is 1. The van der Waals surface area contributed by atoms with Crippen molar-refractivity contribution in [3.8, 4) is 39.8 Å². The number of phenols is 1. The van der Waals surface area contributed by atoms with Crippen LogP contribution in [0.2, 0.25) is 5.15 Å². The SMILES string of the molecule is C[C@@H]1NC(=O)[C@@H](N(C)C(=O)[C@H](CNS(N)(=O)=O)NC(=O)c2c(N)nc(-c3ccc(C(C)(C)C)cc3)nc2Cl)c2cc(OCCCN)c(O)c(c2)-c2cc(ccc2OCCCN)C[C@@H](C(=O)O)NC1=O. The van der Waals surface area contributed by atoms with E-state index in [9.17, 15) is 42.6 Å². The van der Waals surface area contributed by atoms with Gasteiger partial charge in [0.25, 0.3) is 16.1 Å². The number of aromatic nitrogens is 2. The number of rotatable bonds is 17. The van der Waals surface area contributed by atoms with E-state index in [4.69, 9.17) is 43.4 Å². The Labute approximate surface area is 404 Å². The number of ether oxygens (including phenoxy) is 2. The smallest absolute Gasteiger partial charge is 0.326 e. The maximum Gasteiger partial charge on any atom is 0.326 e. The van der Waals surface area contributed by atoms with Gasteiger partial charge in [0.05, 0.1) is 13.2 Å². The predicted octanol–water partition coefficient (Wildman–Crippen LogP) is 1.23. The molecule has 2 heterocycles. The van der Waals surface area contributed by atoms with Crippen LogP contribution in [0, 0.1) is 0 Å². The number of carboxylic acids is 1. The monoisotopic (exact) mass is 995 g/mol. The molecule has 1 aliphatic heterocycles. The van der Waals surface area contributed by atoms with E-state index >= 15 is 0 Å². The summed E-state index contributed by atoms with van der Waals surface area (Å²) in [5, 5.41) is 34.2. The van der Waals surface area contributed by atoms with Crippen LogP contribution in [-0.4, -0.2) is 121 Å². The van der Waals surface area contributed by atoms with Crippen molar-refractivity contribution in [2.24, 2.45) is 16.6 Å². The summed E-state index contributed by atoms with van der Waals surface area (Å²) in [5.41, 5.74) is 19.3. The summed E-state index contributed by atoms with van der Waals surface area (Å²) < 4.78 is 38.5. The summed E-state index contributed by atoms with van der Waals surface area (Å²) >= 11 is 6.55. The molecule has 1 aliphatic rings. The Kier molecular flexibility index (Phi) is 17.5. The first-order valence-electron chi connectivity index (χ1n) is 21.7. The Balaban J connectivity index is 1.65. The number of nitrogens with zero attached hydrogens (tertiary/aromatic N) is 3. The number of nitrogen functional groups attached to an aromatic ring is 1. The third-order valence-electron chi connectivity index (χ3n) is 11.0. The van der Waals surface area contributed by atoms with Gasteiger partial charge in [-0.05, 0) is 79.2 Å². The molecule has 4 aromatic rings. The maximum absolute atomic E-state index is 14.8. The molecule has 5 rings (SSSR count). The second kappa shape index (κ2) is 22.7. The molecule has 0 saturated carbocycles. The van der Waals surface area contributed by atoms with E-state index in [1.807, 2.05) is 37.6 Å². The van der Waals surface area contributed by atoms with E-state index in [1.165, 1.54) is 19.1 Å². The molecule has 0 aliphatic carbocycles. The number of hydrogen-bond donors (Lipinski definition) is 10. The summed E-state index contributed by atoms with van der Waals surface area (Å²) in [6.45, 7) is 7.16. The largest absolute Gasteiger partial charge is 0.504 e. The lowest BCUT2D eigenvalue weighted by atomic mass is 9.87. The number of carbonyl (C=O) groups is 5. The number of carbonyl (C=O) groups excluding carboxylic acids is 4. The summed E-state index contributed by atoms with van der Waals surface area (Å²) in [5.74, 6) is -6.23. The molecule has 0 spiro atoms. The van der Waals surface area contributed by atoms with Crippen molar-refractivity contribution < 1.29 is 52.1 Å². The average Bonchev–Trinajstić information content (AvgIpc) is 3.27. The standard InChI is InChI=1S/C45H58ClN11O11S/c1-23-40(59)53-30(44(63)64)19-24-8-13-32(67-16-6-14-47)28(18-24)29-20-26(21-33(36(29)58)68-17-7-15-48)35(42(61)52-23)57(5)43(62)31(22-51-69(50,65)66)54-41(60)34-37(46)55-39(56-38(34)49)25-9-11-27(12-10-25)45(2,3)4/h8-13,18,20-21,23,30-31,35,51,58H,6-7,14-17,19,22,47-48H2,1-5H3,(H,52,61)(H,53,59)(H,54,60)(H,63,64)(H2,49,55,56)(H2,50,65,66)/t23-,30-,31-,35-/m0/s1. The number of halogens is 1. The first-order chi connectivity index (χ1) is 32.4. The van der Waals surface area contributed by atoms with Crippen molar-refractivity contribution in [1.82, 2.24) is 35.5 Å². The molecule has 1 aromatic heterocycles. The minimum Gasteiger partial charge on any atom is -0.504 e. The minimum atomic E-state index is -4.53. The van der Waals surface area contributed by atoms with E-state index in [2.05, 4.69) is 25.9 Å². The molecule has 3 aromatic carbocycles. The lowest BCUT2D eigenvalue weighted by Crippen LogP contribution is -2.57. The molecule has 0 fully saturated rings. The average molecular weight is 997 g/mol. The Hall–Kier alpha value is -6.63. The summed E-state index contributed by atoms with van der Waals surface area (Å²) in [7, 11) is -3.37. The van der Waals surface area contributed by atoms with Gasteiger partial charge in [0.1, 0.15) is 46.5 Å². The van der Waals surface area contributed by atoms with Crippen molar-refractivity contribution in [2.75, 3.05) is 45.6 Å². The van der Waals surface area contributed by atoms with Crippen molar-refractivity contribution in [3.05, 3.63) is 82.0 Å². The van der Waals surface area contributed by atoms with E-state index in [0.717, 1.165) is 17.5 Å². The van der Waals surface area contributed by atoms with Gasteiger partial charge in [0, 0.05) is 36.7 Å². The van der Waals surface area contributed by atoms with Crippen molar-refractivity contribution in [1.29, 1.82) is 0 Å². The van der Waals surface area contributed by atoms with Crippen LogP contribution in [0.1, 0.15) is 73.6 Å². The van der Waals surface area contributed by atoms with Gasteiger partial charge in [-0.15, -0.1) is 0 Å². The van der Waals surface area contributed by atoms with Gasteiger partial charge in [-0.2, -0.15) is 13.1 Å². The van der Waals surface area contributed by atoms with Gasteiger partial charge < -0.3 is 57.7 Å². The molecular formula is C45H58ClN11O11S. The number of phenolic OH excluding ortho intramolecular Hbond substituents is 1. The van der Waals surface area contributed by atoms with Gasteiger partial charge >= 0.3 is 5.97 Å². The highest BCUT2D eigenvalue weighted by atomic mass is 35.5. The normalized spacial score (nSPS) is 16.9. The Morgan fingerprint density at radius 2 is 1.58 bits per heavy atom. The quantitative estimate of drug-likeness (QED) is 0.0525. The third kappa shape index (κ3) is 13.5. The van der Waals surface area contributed by atoms with Crippen LogP contribution < -0.4 is 52.5 Å². The van der Waals surface area contributed by atoms with Gasteiger partial charge in [-0.25, -0.2) is 19.9 Å². The fourth-order valence-electron chi connectivity index (χ4n) is 7.23. The molecule has 69 heavy (non-hydrogen) atoms. The highest BCUT2D eigenvalue weighted by molar-refractivity contribution is 7.87. The third-order valence-corrected chi connectivity index (χ3v) is 11.8. The minimum absolute atomic E-state index is 0.0107. The number of aliphatic carboxylic acids is 1. The number of amides is 4. The molecule has 0 radical (unpaired) electrons. The molecule has 22 nitrogen and oxygen atoms in total. The highest BCUT2D eigenvalue weighted by Gasteiger charge is 2.38. The second-order valence-corrected chi connectivity index (χ2v) is 19.0. The van der Waals surface area contributed by atoms with Crippen LogP contribution in [0.25, 0.3) is 22.5 Å². The van der Waals surface area contributed by atoms with E-state index in [-0.39, 0.29) is 72.2 Å². The zero-order valence-corrected chi connectivity index (χ0v) is 40.2. The van der Waals surface area contributed by atoms with Crippen LogP contribution >= 0.6 is 11.6 Å². The number of nitrogens with two attached hydrogens (primary N) is 4. The highest BCUT2D eigenvalue weighted by Crippen LogP contribution is 2.45. The molecule has 372 valence electrons. The summed E-state index contributed by atoms with van der Waals surface area (Å²) in [4.78, 5) is 78.9. The number of anilines is 1. The van der Waals surface area contributed by atoms with Crippen LogP contribution in [0.3, 0.4) is 0 Å². The Bertz CT molecular complexity index is 2660. The van der Waals surface area contributed by atoms with Gasteiger partial charge in [0.15, 0.2) is 17.3 Å². The van der Waals surface area contributed by atoms with Crippen LogP contribution in [0.5, 0.6) is 17.2 Å². The lowest BCUT2D eigenvalue weighted by molar-refractivity contribution is -0.143. The molecule has 4 atom stereocenters.